The molecule has 0 saturated carbocycles. The van der Waals surface area contributed by atoms with E-state index in [1.165, 1.54) is 0 Å². The van der Waals surface area contributed by atoms with Crippen molar-refractivity contribution >= 4 is 16.6 Å². The summed E-state index contributed by atoms with van der Waals surface area (Å²) in [6, 6.07) is 5.65. The molecule has 0 amide bonds. The topological polar surface area (TPSA) is 69.0 Å². The Morgan fingerprint density at radius 1 is 1.50 bits per heavy atom. The highest BCUT2D eigenvalue weighted by Crippen LogP contribution is 2.19. The van der Waals surface area contributed by atoms with Crippen molar-refractivity contribution in [3.05, 3.63) is 23.9 Å². The van der Waals surface area contributed by atoms with E-state index in [4.69, 9.17) is 5.26 Å². The van der Waals surface area contributed by atoms with Crippen molar-refractivity contribution < 1.29 is 4.21 Å². The monoisotopic (exact) mass is 292 g/mol. The fraction of sp³-hybridized carbons (Fsp3) is 0.571. The van der Waals surface area contributed by atoms with E-state index < -0.39 is 10.8 Å². The summed E-state index contributed by atoms with van der Waals surface area (Å²) < 4.78 is 11.4. The van der Waals surface area contributed by atoms with E-state index in [2.05, 4.69) is 35.1 Å². The highest BCUT2D eigenvalue weighted by atomic mass is 32.2. The second-order valence-electron chi connectivity index (χ2n) is 5.51. The van der Waals surface area contributed by atoms with E-state index in [1.54, 1.807) is 18.3 Å². The van der Waals surface area contributed by atoms with Gasteiger partial charge >= 0.3 is 0 Å². The van der Waals surface area contributed by atoms with Crippen LogP contribution < -0.4 is 5.32 Å². The molecule has 20 heavy (non-hydrogen) atoms. The Hall–Kier alpha value is -1.45. The third kappa shape index (κ3) is 3.56. The first kappa shape index (κ1) is 14.9. The van der Waals surface area contributed by atoms with Crippen LogP contribution >= 0.6 is 0 Å². The van der Waals surface area contributed by atoms with Crippen LogP contribution in [0, 0.1) is 11.3 Å². The maximum Gasteiger partial charge on any atom is 0.143 e. The number of anilines is 1. The molecule has 1 fully saturated rings. The molecule has 0 spiro atoms. The lowest BCUT2D eigenvalue weighted by atomic mass is 10.0. The molecule has 0 unspecified atom stereocenters. The molecule has 5 nitrogen and oxygen atoms in total. The molecular formula is C14H20N4OS. The molecule has 6 heteroatoms. The predicted molar refractivity (Wildman–Crippen MR) is 81.0 cm³/mol. The lowest BCUT2D eigenvalue weighted by Gasteiger charge is -2.40. The van der Waals surface area contributed by atoms with Crippen LogP contribution in [-0.2, 0) is 10.8 Å². The predicted octanol–water partition coefficient (Wildman–Crippen LogP) is 1.21. The van der Waals surface area contributed by atoms with E-state index in [9.17, 15) is 4.21 Å². The number of hydrogen-bond donors (Lipinski definition) is 1. The van der Waals surface area contributed by atoms with Crippen LogP contribution in [0.4, 0.5) is 5.82 Å². The molecule has 1 aromatic rings. The maximum atomic E-state index is 11.4. The Kier molecular flexibility index (Phi) is 4.73. The summed E-state index contributed by atoms with van der Waals surface area (Å²) in [4.78, 5) is 6.55. The highest BCUT2D eigenvalue weighted by molar-refractivity contribution is 7.85. The largest absolute Gasteiger partial charge is 0.367 e. The van der Waals surface area contributed by atoms with Gasteiger partial charge in [-0.2, -0.15) is 5.26 Å². The second-order valence-corrected chi connectivity index (χ2v) is 7.21. The summed E-state index contributed by atoms with van der Waals surface area (Å²) in [5.74, 6) is 2.12. The lowest BCUT2D eigenvalue weighted by molar-refractivity contribution is 0.145. The van der Waals surface area contributed by atoms with Gasteiger partial charge in [0.1, 0.15) is 11.9 Å². The van der Waals surface area contributed by atoms with E-state index >= 15 is 0 Å². The molecule has 1 aromatic heterocycles. The van der Waals surface area contributed by atoms with Crippen molar-refractivity contribution in [3.8, 4) is 6.07 Å². The Balaban J connectivity index is 1.98. The molecule has 2 heterocycles. The molecule has 108 valence electrons. The SMILES string of the molecule is CC(C)(CNc1ncccc1C#N)N1CCS(=O)CC1. The van der Waals surface area contributed by atoms with Crippen LogP contribution in [0.5, 0.6) is 0 Å². The Morgan fingerprint density at radius 3 is 2.85 bits per heavy atom. The summed E-state index contributed by atoms with van der Waals surface area (Å²) in [6.45, 7) is 6.72. The number of nitrogens with zero attached hydrogens (tertiary/aromatic N) is 3. The second kappa shape index (κ2) is 6.33. The molecule has 1 aliphatic rings. The van der Waals surface area contributed by atoms with Gasteiger partial charge in [-0.05, 0) is 26.0 Å². The van der Waals surface area contributed by atoms with Gasteiger partial charge in [0, 0.05) is 53.7 Å². The minimum absolute atomic E-state index is 0.0606. The Bertz CT molecular complexity index is 528. The zero-order valence-electron chi connectivity index (χ0n) is 11.9. The molecular weight excluding hydrogens is 272 g/mol. The molecule has 1 N–H and O–H groups in total. The standard InChI is InChI=1S/C14H20N4OS/c1-14(2,18-6-8-20(19)9-7-18)11-17-13-12(10-15)4-3-5-16-13/h3-5H,6-9,11H2,1-2H3,(H,16,17). The number of hydrogen-bond acceptors (Lipinski definition) is 5. The van der Waals surface area contributed by atoms with Gasteiger partial charge in [-0.1, -0.05) is 0 Å². The van der Waals surface area contributed by atoms with Gasteiger partial charge in [0.2, 0.25) is 0 Å². The van der Waals surface area contributed by atoms with Gasteiger partial charge in [0.25, 0.3) is 0 Å². The number of nitriles is 1. The average molecular weight is 292 g/mol. The highest BCUT2D eigenvalue weighted by Gasteiger charge is 2.29. The van der Waals surface area contributed by atoms with Crippen molar-refractivity contribution in [1.29, 1.82) is 5.26 Å². The zero-order valence-corrected chi connectivity index (χ0v) is 12.7. The van der Waals surface area contributed by atoms with Crippen LogP contribution in [0.15, 0.2) is 18.3 Å². The van der Waals surface area contributed by atoms with Crippen molar-refractivity contribution in [2.45, 2.75) is 19.4 Å². The zero-order chi connectivity index (χ0) is 14.6. The van der Waals surface area contributed by atoms with Crippen LogP contribution in [0.1, 0.15) is 19.4 Å². The number of pyridine rings is 1. The van der Waals surface area contributed by atoms with Gasteiger partial charge in [-0.25, -0.2) is 4.98 Å². The molecule has 2 rings (SSSR count). The van der Waals surface area contributed by atoms with Crippen LogP contribution in [0.2, 0.25) is 0 Å². The van der Waals surface area contributed by atoms with Crippen LogP contribution in [0.3, 0.4) is 0 Å². The van der Waals surface area contributed by atoms with Gasteiger partial charge in [-0.15, -0.1) is 0 Å². The normalized spacial score (nSPS) is 17.6. The van der Waals surface area contributed by atoms with E-state index in [0.29, 0.717) is 17.9 Å². The maximum absolute atomic E-state index is 11.4. The molecule has 1 aliphatic heterocycles. The fourth-order valence-electron chi connectivity index (χ4n) is 2.29. The number of aromatic nitrogens is 1. The minimum atomic E-state index is -0.658. The lowest BCUT2D eigenvalue weighted by Crippen LogP contribution is -2.53. The van der Waals surface area contributed by atoms with Gasteiger partial charge < -0.3 is 5.32 Å². The van der Waals surface area contributed by atoms with Crippen molar-refractivity contribution in [1.82, 2.24) is 9.88 Å². The fourth-order valence-corrected chi connectivity index (χ4v) is 3.34. The van der Waals surface area contributed by atoms with E-state index in [1.807, 2.05) is 0 Å². The summed E-state index contributed by atoms with van der Waals surface area (Å²) >= 11 is 0. The Labute approximate surface area is 122 Å². The van der Waals surface area contributed by atoms with Gasteiger partial charge in [0.05, 0.1) is 5.56 Å². The Morgan fingerprint density at radius 2 is 2.20 bits per heavy atom. The first-order valence-corrected chi connectivity index (χ1v) is 8.21. The minimum Gasteiger partial charge on any atom is -0.367 e. The van der Waals surface area contributed by atoms with Crippen molar-refractivity contribution in [2.24, 2.45) is 0 Å². The van der Waals surface area contributed by atoms with Crippen LogP contribution in [0.25, 0.3) is 0 Å². The third-order valence-corrected chi connectivity index (χ3v) is 4.93. The molecule has 0 atom stereocenters. The quantitative estimate of drug-likeness (QED) is 0.903. The molecule has 1 saturated heterocycles. The molecule has 0 aromatic carbocycles. The van der Waals surface area contributed by atoms with Crippen molar-refractivity contribution in [2.75, 3.05) is 36.5 Å². The first-order chi connectivity index (χ1) is 9.53. The smallest absolute Gasteiger partial charge is 0.143 e. The van der Waals surface area contributed by atoms with Gasteiger partial charge in [0.15, 0.2) is 0 Å². The summed E-state index contributed by atoms with van der Waals surface area (Å²) in [5, 5.41) is 12.3. The third-order valence-electron chi connectivity index (χ3n) is 3.65. The number of rotatable bonds is 4. The first-order valence-electron chi connectivity index (χ1n) is 6.72. The molecule has 0 radical (unpaired) electrons. The van der Waals surface area contributed by atoms with E-state index in [0.717, 1.165) is 24.6 Å². The van der Waals surface area contributed by atoms with Crippen molar-refractivity contribution in [3.63, 3.8) is 0 Å². The summed E-state index contributed by atoms with van der Waals surface area (Å²) in [7, 11) is -0.658. The summed E-state index contributed by atoms with van der Waals surface area (Å²) in [6.07, 6.45) is 1.68. The average Bonchev–Trinajstić information content (AvgIpc) is 2.46. The molecule has 0 bridgehead atoms. The van der Waals surface area contributed by atoms with Crippen LogP contribution in [-0.4, -0.2) is 50.8 Å². The summed E-state index contributed by atoms with van der Waals surface area (Å²) in [5.41, 5.74) is 0.498. The molecule has 0 aliphatic carbocycles. The number of nitrogens with one attached hydrogen (secondary N) is 1. The van der Waals surface area contributed by atoms with E-state index in [-0.39, 0.29) is 5.54 Å². The van der Waals surface area contributed by atoms with Gasteiger partial charge in [-0.3, -0.25) is 9.11 Å².